The molecule has 0 radical (unpaired) electrons. The first-order chi connectivity index (χ1) is 8.86. The Morgan fingerprint density at radius 1 is 1.37 bits per heavy atom. The number of hydrogen-bond acceptors (Lipinski definition) is 3. The lowest BCUT2D eigenvalue weighted by Crippen LogP contribution is -2.32. The predicted molar refractivity (Wildman–Crippen MR) is 80.0 cm³/mol. The minimum Gasteiger partial charge on any atom is -0.309 e. The van der Waals surface area contributed by atoms with Crippen LogP contribution in [0, 0.1) is 0 Å². The standard InChI is InChI=1S/C13H21ClN2O2S/c1-4-13(11-6-5-7-12(14)10-11)15-8-9-19(17,18)16(2)3/h5-7,10,13,15H,4,8-9H2,1-3H3. The minimum absolute atomic E-state index is 0.0943. The first kappa shape index (κ1) is 16.4. The molecule has 0 spiro atoms. The second-order valence-electron chi connectivity index (χ2n) is 4.57. The fraction of sp³-hybridized carbons (Fsp3) is 0.538. The summed E-state index contributed by atoms with van der Waals surface area (Å²) in [5.41, 5.74) is 1.08. The highest BCUT2D eigenvalue weighted by Gasteiger charge is 2.15. The molecular weight excluding hydrogens is 284 g/mol. The SMILES string of the molecule is CCC(NCCS(=O)(=O)N(C)C)c1cccc(Cl)c1. The van der Waals surface area contributed by atoms with Gasteiger partial charge in [0.1, 0.15) is 0 Å². The molecule has 0 aliphatic heterocycles. The van der Waals surface area contributed by atoms with Crippen LogP contribution in [0.5, 0.6) is 0 Å². The Hall–Kier alpha value is -0.620. The van der Waals surface area contributed by atoms with Crippen molar-refractivity contribution in [2.75, 3.05) is 26.4 Å². The number of sulfonamides is 1. The summed E-state index contributed by atoms with van der Waals surface area (Å²) in [6, 6.07) is 7.75. The van der Waals surface area contributed by atoms with Crippen molar-refractivity contribution in [3.8, 4) is 0 Å². The molecule has 0 bridgehead atoms. The van der Waals surface area contributed by atoms with Crippen molar-refractivity contribution in [2.24, 2.45) is 0 Å². The van der Waals surface area contributed by atoms with Gasteiger partial charge in [0.25, 0.3) is 0 Å². The third kappa shape index (κ3) is 5.10. The molecule has 1 rings (SSSR count). The van der Waals surface area contributed by atoms with Crippen molar-refractivity contribution in [3.05, 3.63) is 34.9 Å². The van der Waals surface area contributed by atoms with E-state index in [4.69, 9.17) is 11.6 Å². The molecule has 19 heavy (non-hydrogen) atoms. The molecule has 1 aromatic rings. The van der Waals surface area contributed by atoms with Gasteiger partial charge < -0.3 is 5.32 Å². The highest BCUT2D eigenvalue weighted by atomic mass is 35.5. The lowest BCUT2D eigenvalue weighted by molar-refractivity contribution is 0.503. The molecule has 6 heteroatoms. The first-order valence-corrected chi connectivity index (χ1v) is 8.24. The summed E-state index contributed by atoms with van der Waals surface area (Å²) in [7, 11) is -0.0572. The van der Waals surface area contributed by atoms with Crippen molar-refractivity contribution in [1.82, 2.24) is 9.62 Å². The molecule has 0 aliphatic rings. The molecule has 4 nitrogen and oxygen atoms in total. The highest BCUT2D eigenvalue weighted by molar-refractivity contribution is 7.89. The van der Waals surface area contributed by atoms with Crippen LogP contribution in [0.2, 0.25) is 5.02 Å². The van der Waals surface area contributed by atoms with Crippen LogP contribution in [0.1, 0.15) is 24.9 Å². The van der Waals surface area contributed by atoms with Gasteiger partial charge in [0.05, 0.1) is 5.75 Å². The average Bonchev–Trinajstić information content (AvgIpc) is 2.34. The number of hydrogen-bond donors (Lipinski definition) is 1. The summed E-state index contributed by atoms with van der Waals surface area (Å²) >= 11 is 5.96. The molecule has 1 unspecified atom stereocenters. The molecule has 0 aliphatic carbocycles. The zero-order chi connectivity index (χ0) is 14.5. The van der Waals surface area contributed by atoms with E-state index in [-0.39, 0.29) is 11.8 Å². The van der Waals surface area contributed by atoms with Gasteiger partial charge in [-0.3, -0.25) is 0 Å². The van der Waals surface area contributed by atoms with E-state index in [1.54, 1.807) is 14.1 Å². The monoisotopic (exact) mass is 304 g/mol. The summed E-state index contributed by atoms with van der Waals surface area (Å²) in [4.78, 5) is 0. The van der Waals surface area contributed by atoms with Crippen molar-refractivity contribution < 1.29 is 8.42 Å². The van der Waals surface area contributed by atoms with Crippen LogP contribution in [0.4, 0.5) is 0 Å². The Kier molecular flexibility index (Phi) is 6.26. The number of rotatable bonds is 7. The van der Waals surface area contributed by atoms with Crippen LogP contribution >= 0.6 is 11.6 Å². The van der Waals surface area contributed by atoms with Crippen LogP contribution in [0.3, 0.4) is 0 Å². The molecule has 0 amide bonds. The van der Waals surface area contributed by atoms with Gasteiger partial charge in [0.15, 0.2) is 0 Å². The van der Waals surface area contributed by atoms with Crippen LogP contribution in [0.15, 0.2) is 24.3 Å². The van der Waals surface area contributed by atoms with Crippen molar-refractivity contribution >= 4 is 21.6 Å². The predicted octanol–water partition coefficient (Wildman–Crippen LogP) is 2.27. The third-order valence-electron chi connectivity index (χ3n) is 2.97. The van der Waals surface area contributed by atoms with Gasteiger partial charge in [-0.05, 0) is 24.1 Å². The average molecular weight is 305 g/mol. The molecule has 108 valence electrons. The maximum absolute atomic E-state index is 11.7. The molecule has 1 atom stereocenters. The molecule has 1 N–H and O–H groups in total. The summed E-state index contributed by atoms with van der Waals surface area (Å²) < 4.78 is 24.6. The van der Waals surface area contributed by atoms with E-state index < -0.39 is 10.0 Å². The number of nitrogens with one attached hydrogen (secondary N) is 1. The van der Waals surface area contributed by atoms with Gasteiger partial charge in [-0.25, -0.2) is 12.7 Å². The van der Waals surface area contributed by atoms with Gasteiger partial charge in [0.2, 0.25) is 10.0 Å². The Labute approximate surface area is 120 Å². The number of nitrogens with zero attached hydrogens (tertiary/aromatic N) is 1. The second kappa shape index (κ2) is 7.24. The van der Waals surface area contributed by atoms with Gasteiger partial charge in [-0.15, -0.1) is 0 Å². The zero-order valence-electron chi connectivity index (χ0n) is 11.6. The quantitative estimate of drug-likeness (QED) is 0.841. The van der Waals surface area contributed by atoms with E-state index >= 15 is 0 Å². The molecule has 0 saturated carbocycles. The Balaban J connectivity index is 2.60. The fourth-order valence-corrected chi connectivity index (χ4v) is 2.71. The highest BCUT2D eigenvalue weighted by Crippen LogP contribution is 2.20. The Bertz CT molecular complexity index is 503. The largest absolute Gasteiger partial charge is 0.309 e. The van der Waals surface area contributed by atoms with Crippen molar-refractivity contribution in [2.45, 2.75) is 19.4 Å². The summed E-state index contributed by atoms with van der Waals surface area (Å²) in [6.07, 6.45) is 0.877. The number of benzene rings is 1. The van der Waals surface area contributed by atoms with E-state index in [0.717, 1.165) is 12.0 Å². The maximum atomic E-state index is 11.7. The van der Waals surface area contributed by atoms with Crippen molar-refractivity contribution in [1.29, 1.82) is 0 Å². The van der Waals surface area contributed by atoms with Gasteiger partial charge in [-0.2, -0.15) is 0 Å². The summed E-state index contributed by atoms with van der Waals surface area (Å²) in [6.45, 7) is 2.48. The second-order valence-corrected chi connectivity index (χ2v) is 7.31. The van der Waals surface area contributed by atoms with Gasteiger partial charge in [0, 0.05) is 31.7 Å². The molecule has 0 aromatic heterocycles. The van der Waals surface area contributed by atoms with E-state index in [2.05, 4.69) is 12.2 Å². The third-order valence-corrected chi connectivity index (χ3v) is 5.03. The minimum atomic E-state index is -3.15. The fourth-order valence-electron chi connectivity index (χ4n) is 1.77. The molecular formula is C13H21ClN2O2S. The summed E-state index contributed by atoms with van der Waals surface area (Å²) in [5.74, 6) is 0.0943. The topological polar surface area (TPSA) is 49.4 Å². The smallest absolute Gasteiger partial charge is 0.214 e. The lowest BCUT2D eigenvalue weighted by Gasteiger charge is -2.18. The normalized spacial score (nSPS) is 13.7. The van der Waals surface area contributed by atoms with E-state index in [1.807, 2.05) is 24.3 Å². The Morgan fingerprint density at radius 2 is 2.05 bits per heavy atom. The molecule has 1 aromatic carbocycles. The molecule has 0 heterocycles. The Morgan fingerprint density at radius 3 is 2.58 bits per heavy atom. The van der Waals surface area contributed by atoms with Crippen molar-refractivity contribution in [3.63, 3.8) is 0 Å². The van der Waals surface area contributed by atoms with E-state index in [1.165, 1.54) is 4.31 Å². The summed E-state index contributed by atoms with van der Waals surface area (Å²) in [5, 5.41) is 3.95. The van der Waals surface area contributed by atoms with Gasteiger partial charge in [-0.1, -0.05) is 30.7 Å². The maximum Gasteiger partial charge on any atom is 0.214 e. The molecule has 0 fully saturated rings. The van der Waals surface area contributed by atoms with Crippen LogP contribution < -0.4 is 5.32 Å². The van der Waals surface area contributed by atoms with Crippen LogP contribution in [-0.2, 0) is 10.0 Å². The first-order valence-electron chi connectivity index (χ1n) is 6.26. The zero-order valence-corrected chi connectivity index (χ0v) is 13.1. The van der Waals surface area contributed by atoms with Crippen LogP contribution in [0.25, 0.3) is 0 Å². The number of halogens is 1. The van der Waals surface area contributed by atoms with E-state index in [9.17, 15) is 8.42 Å². The van der Waals surface area contributed by atoms with Crippen LogP contribution in [-0.4, -0.2) is 39.1 Å². The molecule has 0 saturated heterocycles. The van der Waals surface area contributed by atoms with Gasteiger partial charge >= 0.3 is 0 Å². The lowest BCUT2D eigenvalue weighted by atomic mass is 10.0. The van der Waals surface area contributed by atoms with E-state index in [0.29, 0.717) is 11.6 Å².